The summed E-state index contributed by atoms with van der Waals surface area (Å²) < 4.78 is 0. The Bertz CT molecular complexity index is 70.0. The molecule has 0 fully saturated rings. The summed E-state index contributed by atoms with van der Waals surface area (Å²) in [5.74, 6) is 0. The van der Waals surface area contributed by atoms with Crippen LogP contribution in [0.1, 0.15) is 0 Å². The monoisotopic (exact) mass is 148 g/mol. The van der Waals surface area contributed by atoms with E-state index in [1.807, 2.05) is 0 Å². The lowest BCUT2D eigenvalue weighted by Crippen LogP contribution is -1.65. The van der Waals surface area contributed by atoms with Gasteiger partial charge < -0.3 is 10.2 Å². The van der Waals surface area contributed by atoms with Crippen LogP contribution >= 0.6 is 0 Å². The molecule has 0 aliphatic rings. The van der Waals surface area contributed by atoms with Gasteiger partial charge in [0.1, 0.15) is 0 Å². The first-order chi connectivity index (χ1) is 3.46. The molecule has 0 bridgehead atoms. The molecule has 4 heteroatoms. The lowest BCUT2D eigenvalue weighted by molar-refractivity contribution is 0.454. The first kappa shape index (κ1) is 10.5. The molecule has 0 amide bonds. The maximum atomic E-state index is 7.92. The molecule has 8 heavy (non-hydrogen) atoms. The topological polar surface area (TPSA) is 40.5 Å². The largest absolute Gasteiger partial charge is 0.519 e. The predicted octanol–water partition coefficient (Wildman–Crippen LogP) is -1.24. The highest BCUT2D eigenvalue weighted by Gasteiger charge is 1.54. The molecule has 0 saturated heterocycles. The summed E-state index contributed by atoms with van der Waals surface area (Å²) in [6.45, 7) is 6.35. The van der Waals surface area contributed by atoms with Crippen LogP contribution in [0, 0.1) is 0 Å². The van der Waals surface area contributed by atoms with Crippen molar-refractivity contribution in [1.29, 1.82) is 0 Å². The molecule has 0 spiro atoms. The Morgan fingerprint density at radius 3 is 1.00 bits per heavy atom. The van der Waals surface area contributed by atoms with E-state index in [9.17, 15) is 0 Å². The van der Waals surface area contributed by atoms with Crippen molar-refractivity contribution in [2.45, 2.75) is 0 Å². The van der Waals surface area contributed by atoms with E-state index < -0.39 is 0 Å². The number of aliphatic hydroxyl groups is 2. The van der Waals surface area contributed by atoms with Gasteiger partial charge in [-0.05, 0) is 0 Å². The maximum Gasteiger partial charge on any atom is 0.0821 e. The third-order valence-corrected chi connectivity index (χ3v) is 0. The van der Waals surface area contributed by atoms with Gasteiger partial charge in [0.25, 0.3) is 0 Å². The van der Waals surface area contributed by atoms with E-state index in [0.29, 0.717) is 31.2 Å². The summed E-state index contributed by atoms with van der Waals surface area (Å²) in [5, 5.41) is 16.5. The fourth-order valence-electron chi connectivity index (χ4n) is 0. The third-order valence-electron chi connectivity index (χ3n) is 0. The smallest absolute Gasteiger partial charge is 0.0821 e. The second-order valence-electron chi connectivity index (χ2n) is 1.47. The second kappa shape index (κ2) is 6.51. The molecule has 0 radical (unpaired) electrons. The maximum absolute atomic E-state index is 7.92. The molecule has 2 N–H and O–H groups in total. The zero-order valence-corrected chi connectivity index (χ0v) is 9.31. The van der Waals surface area contributed by atoms with E-state index in [0.717, 1.165) is 0 Å². The van der Waals surface area contributed by atoms with Crippen LogP contribution in [0.15, 0.2) is 23.9 Å². The molecule has 0 saturated carbocycles. The minimum atomic E-state index is 0.306. The summed E-state index contributed by atoms with van der Waals surface area (Å²) in [6, 6.07) is 0. The lowest BCUT2D eigenvalue weighted by atomic mass is 11.2. The van der Waals surface area contributed by atoms with Crippen LogP contribution in [0.4, 0.5) is 0 Å². The van der Waals surface area contributed by atoms with Crippen LogP contribution < -0.4 is 0 Å². The molecule has 0 aliphatic carbocycles. The zero-order chi connectivity index (χ0) is 7.15. The van der Waals surface area contributed by atoms with Gasteiger partial charge >= 0.3 is 0 Å². The highest BCUT2D eigenvalue weighted by molar-refractivity contribution is 6.19. The van der Waals surface area contributed by atoms with Gasteiger partial charge in [-0.15, -0.1) is 0 Å². The first-order valence-corrected chi connectivity index (χ1v) is 4.15. The summed E-state index contributed by atoms with van der Waals surface area (Å²) in [4.78, 5) is 0. The van der Waals surface area contributed by atoms with Crippen molar-refractivity contribution >= 4 is 20.5 Å². The van der Waals surface area contributed by atoms with Crippen molar-refractivity contribution in [2.24, 2.45) is 0 Å². The van der Waals surface area contributed by atoms with Gasteiger partial charge in [-0.2, -0.15) is 0 Å². The minimum absolute atomic E-state index is 0.306. The molecular formula is C4H12O2Si2. The molecular weight excluding hydrogens is 136 g/mol. The number of hydrogen-bond donors (Lipinski definition) is 2. The molecule has 48 valence electrons. The van der Waals surface area contributed by atoms with Crippen molar-refractivity contribution in [2.75, 3.05) is 0 Å². The Morgan fingerprint density at radius 2 is 1.00 bits per heavy atom. The molecule has 0 aromatic rings. The van der Waals surface area contributed by atoms with E-state index in [-0.39, 0.29) is 0 Å². The average molecular weight is 148 g/mol. The van der Waals surface area contributed by atoms with Crippen LogP contribution in [-0.4, -0.2) is 30.7 Å². The van der Waals surface area contributed by atoms with Crippen molar-refractivity contribution in [3.05, 3.63) is 23.9 Å². The predicted molar refractivity (Wildman–Crippen MR) is 43.4 cm³/mol. The van der Waals surface area contributed by atoms with Gasteiger partial charge in [-0.1, -0.05) is 13.2 Å². The second-order valence-corrected chi connectivity index (χ2v) is 3.78. The third kappa shape index (κ3) is 475. The lowest BCUT2D eigenvalue weighted by Gasteiger charge is -1.68. The Balaban J connectivity index is 0. The van der Waals surface area contributed by atoms with E-state index in [1.54, 1.807) is 0 Å². The van der Waals surface area contributed by atoms with Crippen LogP contribution in [-0.2, 0) is 0 Å². The number of hydrogen-bond acceptors (Lipinski definition) is 2. The summed E-state index contributed by atoms with van der Waals surface area (Å²) in [6.07, 6.45) is 0. The normalized spacial score (nSPS) is 7.00. The van der Waals surface area contributed by atoms with Crippen LogP contribution in [0.25, 0.3) is 0 Å². The van der Waals surface area contributed by atoms with E-state index in [1.165, 1.54) is 0 Å². The Kier molecular flexibility index (Phi) is 8.54. The molecule has 0 atom stereocenters. The van der Waals surface area contributed by atoms with Crippen molar-refractivity contribution in [3.8, 4) is 0 Å². The SMILES string of the molecule is C=C(O)[SiH3].C=C(O)[SiH3]. The van der Waals surface area contributed by atoms with Crippen LogP contribution in [0.5, 0.6) is 0 Å². The molecule has 0 aliphatic heterocycles. The Hall–Kier alpha value is -0.486. The molecule has 2 nitrogen and oxygen atoms in total. The van der Waals surface area contributed by atoms with Gasteiger partial charge in [0.2, 0.25) is 0 Å². The molecule has 0 heterocycles. The van der Waals surface area contributed by atoms with Gasteiger partial charge in [0, 0.05) is 0 Å². The number of aliphatic hydroxyl groups excluding tert-OH is 2. The molecule has 0 unspecified atom stereocenters. The quantitative estimate of drug-likeness (QED) is 0.333. The van der Waals surface area contributed by atoms with E-state index in [4.69, 9.17) is 10.2 Å². The fraction of sp³-hybridized carbons (Fsp3) is 0. The fourth-order valence-corrected chi connectivity index (χ4v) is 0. The first-order valence-electron chi connectivity index (χ1n) is 2.15. The Morgan fingerprint density at radius 1 is 1.00 bits per heavy atom. The van der Waals surface area contributed by atoms with Gasteiger partial charge in [-0.25, -0.2) is 0 Å². The molecule has 0 aromatic carbocycles. The van der Waals surface area contributed by atoms with E-state index in [2.05, 4.69) is 13.2 Å². The summed E-state index contributed by atoms with van der Waals surface area (Å²) in [7, 11) is 1.42. The van der Waals surface area contributed by atoms with Crippen LogP contribution in [0.2, 0.25) is 0 Å². The summed E-state index contributed by atoms with van der Waals surface area (Å²) in [5.41, 5.74) is 0. The van der Waals surface area contributed by atoms with Crippen LogP contribution in [0.3, 0.4) is 0 Å². The zero-order valence-electron chi connectivity index (χ0n) is 5.31. The standard InChI is InChI=1S/2C2H6OSi/c2*1-2(3)4/h2*3H,1H2,4H3. The molecule has 0 aromatic heterocycles. The number of rotatable bonds is 0. The van der Waals surface area contributed by atoms with Crippen molar-refractivity contribution in [1.82, 2.24) is 0 Å². The van der Waals surface area contributed by atoms with Gasteiger partial charge in [0.15, 0.2) is 0 Å². The summed E-state index contributed by atoms with van der Waals surface area (Å²) >= 11 is 0. The highest BCUT2D eigenvalue weighted by Crippen LogP contribution is 1.57. The van der Waals surface area contributed by atoms with Gasteiger partial charge in [0.05, 0.1) is 31.2 Å². The Labute approximate surface area is 55.4 Å². The average Bonchev–Trinajstić information content (AvgIpc) is 1.25. The highest BCUT2D eigenvalue weighted by atomic mass is 28.1. The minimum Gasteiger partial charge on any atom is -0.519 e. The van der Waals surface area contributed by atoms with Gasteiger partial charge in [-0.3, -0.25) is 0 Å². The molecule has 0 rings (SSSR count). The van der Waals surface area contributed by atoms with E-state index >= 15 is 0 Å². The van der Waals surface area contributed by atoms with Crippen molar-refractivity contribution in [3.63, 3.8) is 0 Å². The van der Waals surface area contributed by atoms with Crippen molar-refractivity contribution < 1.29 is 10.2 Å².